The molecule has 0 saturated carbocycles. The summed E-state index contributed by atoms with van der Waals surface area (Å²) in [6.45, 7) is 3.55. The summed E-state index contributed by atoms with van der Waals surface area (Å²) < 4.78 is 0. The van der Waals surface area contributed by atoms with Crippen molar-refractivity contribution in [3.05, 3.63) is 21.6 Å². The zero-order valence-corrected chi connectivity index (χ0v) is 12.6. The number of piperidine rings is 1. The summed E-state index contributed by atoms with van der Waals surface area (Å²) in [4.78, 5) is 21.9. The number of rotatable bonds is 4. The second kappa shape index (κ2) is 6.33. The minimum atomic E-state index is 0.0653. The van der Waals surface area contributed by atoms with E-state index in [1.807, 2.05) is 0 Å². The average molecular weight is 297 g/mol. The summed E-state index contributed by atoms with van der Waals surface area (Å²) in [5.41, 5.74) is 1.94. The molecule has 4 nitrogen and oxygen atoms in total. The Balaban J connectivity index is 1.55. The first-order valence-corrected chi connectivity index (χ1v) is 9.02. The van der Waals surface area contributed by atoms with E-state index < -0.39 is 0 Å². The van der Waals surface area contributed by atoms with Gasteiger partial charge in [-0.25, -0.2) is 4.98 Å². The van der Waals surface area contributed by atoms with Crippen LogP contribution in [-0.4, -0.2) is 40.3 Å². The Morgan fingerprint density at radius 3 is 2.95 bits per heavy atom. The van der Waals surface area contributed by atoms with E-state index in [-0.39, 0.29) is 5.56 Å². The molecule has 1 N–H and O–H groups in total. The van der Waals surface area contributed by atoms with Gasteiger partial charge in [0, 0.05) is 29.4 Å². The van der Waals surface area contributed by atoms with Crippen LogP contribution in [0.15, 0.2) is 9.95 Å². The van der Waals surface area contributed by atoms with E-state index in [9.17, 15) is 4.79 Å². The number of nitrogens with one attached hydrogen (secondary N) is 1. The first kappa shape index (κ1) is 13.5. The van der Waals surface area contributed by atoms with Crippen LogP contribution in [0.1, 0.15) is 30.5 Å². The van der Waals surface area contributed by atoms with E-state index in [1.54, 1.807) is 23.5 Å². The van der Waals surface area contributed by atoms with E-state index in [2.05, 4.69) is 14.9 Å². The van der Waals surface area contributed by atoms with Gasteiger partial charge >= 0.3 is 0 Å². The molecule has 1 aromatic rings. The third-order valence-corrected chi connectivity index (χ3v) is 5.48. The topological polar surface area (TPSA) is 49.0 Å². The van der Waals surface area contributed by atoms with Gasteiger partial charge in [0.05, 0.1) is 5.69 Å². The highest BCUT2D eigenvalue weighted by molar-refractivity contribution is 7.99. The summed E-state index contributed by atoms with van der Waals surface area (Å²) in [5.74, 6) is 2.71. The van der Waals surface area contributed by atoms with Crippen LogP contribution in [0.2, 0.25) is 0 Å². The number of fused-ring (bicyclic) bond motifs is 1. The van der Waals surface area contributed by atoms with Crippen LogP contribution >= 0.6 is 23.5 Å². The maximum Gasteiger partial charge on any atom is 0.255 e. The van der Waals surface area contributed by atoms with E-state index in [1.165, 1.54) is 32.4 Å². The molecule has 1 fully saturated rings. The minimum absolute atomic E-state index is 0.0653. The molecule has 2 aliphatic rings. The highest BCUT2D eigenvalue weighted by Gasteiger charge is 2.17. The number of hydrogen-bond donors (Lipinski definition) is 1. The van der Waals surface area contributed by atoms with Crippen LogP contribution in [0.5, 0.6) is 0 Å². The predicted octanol–water partition coefficient (Wildman–Crippen LogP) is 2.09. The molecule has 0 spiro atoms. The van der Waals surface area contributed by atoms with Crippen molar-refractivity contribution in [3.8, 4) is 0 Å². The molecule has 6 heteroatoms. The number of hydrogen-bond acceptors (Lipinski definition) is 5. The third kappa shape index (κ3) is 3.35. The maximum atomic E-state index is 11.9. The highest BCUT2D eigenvalue weighted by atomic mass is 32.2. The zero-order valence-electron chi connectivity index (χ0n) is 11.0. The Morgan fingerprint density at radius 2 is 2.11 bits per heavy atom. The van der Waals surface area contributed by atoms with Gasteiger partial charge in [0.2, 0.25) is 0 Å². The Morgan fingerprint density at radius 1 is 1.26 bits per heavy atom. The lowest BCUT2D eigenvalue weighted by atomic mass is 10.1. The molecular formula is C13H19N3OS2. The molecule has 0 bridgehead atoms. The molecule has 0 amide bonds. The van der Waals surface area contributed by atoms with Gasteiger partial charge in [-0.1, -0.05) is 18.2 Å². The number of aromatic nitrogens is 2. The largest absolute Gasteiger partial charge is 0.303 e. The van der Waals surface area contributed by atoms with Crippen molar-refractivity contribution in [3.63, 3.8) is 0 Å². The standard InChI is InChI=1S/C13H19N3OS2/c17-12-10-8-18-9-11(10)14-13(15-12)19-7-6-16-4-2-1-3-5-16/h1-9H2,(H,14,15,17). The lowest BCUT2D eigenvalue weighted by Crippen LogP contribution is -2.31. The van der Waals surface area contributed by atoms with Gasteiger partial charge in [-0.2, -0.15) is 11.8 Å². The number of aromatic amines is 1. The number of nitrogens with zero attached hydrogens (tertiary/aromatic N) is 2. The summed E-state index contributed by atoms with van der Waals surface area (Å²) in [7, 11) is 0. The van der Waals surface area contributed by atoms with E-state index >= 15 is 0 Å². The molecule has 0 aromatic carbocycles. The normalized spacial score (nSPS) is 19.6. The fraction of sp³-hybridized carbons (Fsp3) is 0.692. The first-order chi connectivity index (χ1) is 9.33. The van der Waals surface area contributed by atoms with Gasteiger partial charge in [-0.3, -0.25) is 4.79 Å². The van der Waals surface area contributed by atoms with Crippen molar-refractivity contribution in [2.24, 2.45) is 0 Å². The summed E-state index contributed by atoms with van der Waals surface area (Å²) >= 11 is 3.45. The molecular weight excluding hydrogens is 278 g/mol. The van der Waals surface area contributed by atoms with Crippen LogP contribution in [0.3, 0.4) is 0 Å². The quantitative estimate of drug-likeness (QED) is 0.681. The van der Waals surface area contributed by atoms with Gasteiger partial charge in [0.1, 0.15) is 0 Å². The average Bonchev–Trinajstić information content (AvgIpc) is 2.89. The van der Waals surface area contributed by atoms with Crippen molar-refractivity contribution in [1.29, 1.82) is 0 Å². The second-order valence-electron chi connectivity index (χ2n) is 5.04. The maximum absolute atomic E-state index is 11.9. The van der Waals surface area contributed by atoms with Gasteiger partial charge in [-0.15, -0.1) is 0 Å². The molecule has 0 unspecified atom stereocenters. The summed E-state index contributed by atoms with van der Waals surface area (Å²) in [6.07, 6.45) is 4.03. The molecule has 2 aliphatic heterocycles. The Hall–Kier alpha value is -0.460. The molecule has 3 rings (SSSR count). The molecule has 0 atom stereocenters. The minimum Gasteiger partial charge on any atom is -0.303 e. The Bertz CT molecular complexity index is 497. The zero-order chi connectivity index (χ0) is 13.1. The SMILES string of the molecule is O=c1[nH]c(SCCN2CCCCC2)nc2c1CSC2. The fourth-order valence-corrected chi connectivity index (χ4v) is 4.48. The monoisotopic (exact) mass is 297 g/mol. The van der Waals surface area contributed by atoms with Crippen LogP contribution in [0.4, 0.5) is 0 Å². The number of likely N-dealkylation sites (tertiary alicyclic amines) is 1. The molecule has 3 heterocycles. The Labute approximate surface area is 121 Å². The second-order valence-corrected chi connectivity index (χ2v) is 7.11. The van der Waals surface area contributed by atoms with Crippen molar-refractivity contribution in [1.82, 2.24) is 14.9 Å². The van der Waals surface area contributed by atoms with E-state index in [0.717, 1.165) is 40.2 Å². The van der Waals surface area contributed by atoms with Crippen molar-refractivity contribution < 1.29 is 0 Å². The van der Waals surface area contributed by atoms with Gasteiger partial charge in [0.15, 0.2) is 5.16 Å². The molecule has 19 heavy (non-hydrogen) atoms. The van der Waals surface area contributed by atoms with Crippen molar-refractivity contribution in [2.45, 2.75) is 35.9 Å². The van der Waals surface area contributed by atoms with E-state index in [0.29, 0.717) is 0 Å². The smallest absolute Gasteiger partial charge is 0.255 e. The van der Waals surface area contributed by atoms with Gasteiger partial charge in [0.25, 0.3) is 5.56 Å². The van der Waals surface area contributed by atoms with Gasteiger partial charge < -0.3 is 9.88 Å². The molecule has 0 radical (unpaired) electrons. The van der Waals surface area contributed by atoms with Crippen LogP contribution in [-0.2, 0) is 11.5 Å². The van der Waals surface area contributed by atoms with Crippen LogP contribution < -0.4 is 5.56 Å². The number of H-pyrrole nitrogens is 1. The number of thioether (sulfide) groups is 2. The summed E-state index contributed by atoms with van der Waals surface area (Å²) in [6, 6.07) is 0. The van der Waals surface area contributed by atoms with Gasteiger partial charge in [-0.05, 0) is 25.9 Å². The lowest BCUT2D eigenvalue weighted by Gasteiger charge is -2.25. The molecule has 104 valence electrons. The fourth-order valence-electron chi connectivity index (χ4n) is 2.56. The lowest BCUT2D eigenvalue weighted by molar-refractivity contribution is 0.242. The summed E-state index contributed by atoms with van der Waals surface area (Å²) in [5, 5.41) is 0.795. The molecule has 1 saturated heterocycles. The molecule has 0 aliphatic carbocycles. The Kier molecular flexibility index (Phi) is 4.50. The first-order valence-electron chi connectivity index (χ1n) is 6.88. The van der Waals surface area contributed by atoms with Crippen molar-refractivity contribution in [2.75, 3.05) is 25.4 Å². The van der Waals surface area contributed by atoms with Crippen LogP contribution in [0.25, 0.3) is 0 Å². The molecule has 1 aromatic heterocycles. The predicted molar refractivity (Wildman–Crippen MR) is 80.9 cm³/mol. The van der Waals surface area contributed by atoms with Crippen molar-refractivity contribution >= 4 is 23.5 Å². The van der Waals surface area contributed by atoms with E-state index in [4.69, 9.17) is 0 Å². The highest BCUT2D eigenvalue weighted by Crippen LogP contribution is 2.26. The van der Waals surface area contributed by atoms with Crippen LogP contribution in [0, 0.1) is 0 Å². The third-order valence-electron chi connectivity index (χ3n) is 3.66.